The van der Waals surface area contributed by atoms with E-state index >= 15 is 0 Å². The SMILES string of the molecule is CCOC(=O)c1ccccc1N/C=C(/C#N)C(=O)NCc1ccc2c(c1)OCO2. The molecule has 1 aliphatic rings. The van der Waals surface area contributed by atoms with Crippen molar-refractivity contribution in [2.24, 2.45) is 0 Å². The van der Waals surface area contributed by atoms with Gasteiger partial charge in [0.15, 0.2) is 11.5 Å². The molecule has 3 rings (SSSR count). The Hall–Kier alpha value is -3.99. The maximum Gasteiger partial charge on any atom is 0.340 e. The van der Waals surface area contributed by atoms with Crippen molar-refractivity contribution in [3.05, 3.63) is 65.4 Å². The van der Waals surface area contributed by atoms with Gasteiger partial charge in [0.2, 0.25) is 6.79 Å². The van der Waals surface area contributed by atoms with Crippen molar-refractivity contribution in [1.29, 1.82) is 5.26 Å². The number of benzene rings is 2. The summed E-state index contributed by atoms with van der Waals surface area (Å²) in [6.07, 6.45) is 1.26. The van der Waals surface area contributed by atoms with Gasteiger partial charge in [-0.05, 0) is 36.8 Å². The van der Waals surface area contributed by atoms with E-state index < -0.39 is 11.9 Å². The zero-order valence-electron chi connectivity index (χ0n) is 15.7. The average Bonchev–Trinajstić information content (AvgIpc) is 3.21. The van der Waals surface area contributed by atoms with Crippen molar-refractivity contribution in [2.45, 2.75) is 13.5 Å². The van der Waals surface area contributed by atoms with E-state index in [1.165, 1.54) is 6.20 Å². The third kappa shape index (κ3) is 4.84. The summed E-state index contributed by atoms with van der Waals surface area (Å²) < 4.78 is 15.6. The molecule has 0 fully saturated rings. The second kappa shape index (κ2) is 9.28. The molecule has 0 aromatic heterocycles. The van der Waals surface area contributed by atoms with Crippen LogP contribution in [0.2, 0.25) is 0 Å². The lowest BCUT2D eigenvalue weighted by Crippen LogP contribution is -2.24. The van der Waals surface area contributed by atoms with E-state index in [2.05, 4.69) is 10.6 Å². The Morgan fingerprint density at radius 1 is 1.21 bits per heavy atom. The predicted molar refractivity (Wildman–Crippen MR) is 104 cm³/mol. The van der Waals surface area contributed by atoms with Gasteiger partial charge in [0.25, 0.3) is 5.91 Å². The van der Waals surface area contributed by atoms with Gasteiger partial charge in [0.05, 0.1) is 17.9 Å². The monoisotopic (exact) mass is 393 g/mol. The molecule has 2 aromatic carbocycles. The van der Waals surface area contributed by atoms with Gasteiger partial charge in [-0.25, -0.2) is 4.79 Å². The highest BCUT2D eigenvalue weighted by atomic mass is 16.7. The lowest BCUT2D eigenvalue weighted by Gasteiger charge is -2.09. The van der Waals surface area contributed by atoms with E-state index in [1.807, 2.05) is 6.07 Å². The number of fused-ring (bicyclic) bond motifs is 1. The highest BCUT2D eigenvalue weighted by Crippen LogP contribution is 2.32. The molecule has 0 bridgehead atoms. The minimum absolute atomic E-state index is 0.135. The minimum atomic E-state index is -0.550. The topological polar surface area (TPSA) is 110 Å². The summed E-state index contributed by atoms with van der Waals surface area (Å²) in [6.45, 7) is 2.35. The van der Waals surface area contributed by atoms with Gasteiger partial charge in [-0.2, -0.15) is 5.26 Å². The number of nitrogens with zero attached hydrogens (tertiary/aromatic N) is 1. The van der Waals surface area contributed by atoms with E-state index in [9.17, 15) is 14.9 Å². The number of nitrogens with one attached hydrogen (secondary N) is 2. The van der Waals surface area contributed by atoms with Gasteiger partial charge in [-0.3, -0.25) is 4.79 Å². The van der Waals surface area contributed by atoms with Crippen LogP contribution in [0.15, 0.2) is 54.2 Å². The van der Waals surface area contributed by atoms with Gasteiger partial charge < -0.3 is 24.8 Å². The lowest BCUT2D eigenvalue weighted by atomic mass is 10.1. The normalized spacial score (nSPS) is 12.1. The van der Waals surface area contributed by atoms with Crippen LogP contribution < -0.4 is 20.1 Å². The van der Waals surface area contributed by atoms with E-state index in [1.54, 1.807) is 49.4 Å². The van der Waals surface area contributed by atoms with Gasteiger partial charge in [-0.1, -0.05) is 18.2 Å². The maximum atomic E-state index is 12.3. The Kier molecular flexibility index (Phi) is 6.32. The van der Waals surface area contributed by atoms with Gasteiger partial charge in [-0.15, -0.1) is 0 Å². The molecule has 0 atom stereocenters. The molecule has 0 aliphatic carbocycles. The number of hydrogen-bond donors (Lipinski definition) is 2. The second-order valence-electron chi connectivity index (χ2n) is 5.95. The lowest BCUT2D eigenvalue weighted by molar-refractivity contribution is -0.117. The zero-order valence-corrected chi connectivity index (χ0v) is 15.7. The maximum absolute atomic E-state index is 12.3. The first-order chi connectivity index (χ1) is 14.1. The third-order valence-corrected chi connectivity index (χ3v) is 4.05. The molecule has 8 nitrogen and oxygen atoms in total. The standard InChI is InChI=1S/C21H19N3O5/c1-2-27-21(26)16-5-3-4-6-17(16)23-12-15(10-22)20(25)24-11-14-7-8-18-19(9-14)29-13-28-18/h3-9,12,23H,2,11,13H2,1H3,(H,24,25)/b15-12-. The quantitative estimate of drug-likeness (QED) is 0.423. The molecule has 29 heavy (non-hydrogen) atoms. The summed E-state index contributed by atoms with van der Waals surface area (Å²) >= 11 is 0. The summed E-state index contributed by atoms with van der Waals surface area (Å²) in [7, 11) is 0. The van der Waals surface area contributed by atoms with Crippen LogP contribution in [-0.4, -0.2) is 25.3 Å². The number of rotatable bonds is 7. The molecule has 0 saturated heterocycles. The van der Waals surface area contributed by atoms with Gasteiger partial charge in [0, 0.05) is 12.7 Å². The first-order valence-electron chi connectivity index (χ1n) is 8.92. The fourth-order valence-corrected chi connectivity index (χ4v) is 2.62. The molecule has 1 heterocycles. The van der Waals surface area contributed by atoms with Gasteiger partial charge in [0.1, 0.15) is 11.6 Å². The van der Waals surface area contributed by atoms with Crippen LogP contribution in [0, 0.1) is 11.3 Å². The zero-order chi connectivity index (χ0) is 20.6. The fraction of sp³-hybridized carbons (Fsp3) is 0.190. The van der Waals surface area contributed by atoms with Crippen LogP contribution in [0.5, 0.6) is 11.5 Å². The Morgan fingerprint density at radius 2 is 2.00 bits per heavy atom. The number of para-hydroxylation sites is 1. The molecule has 2 N–H and O–H groups in total. The molecule has 0 spiro atoms. The number of ether oxygens (including phenoxy) is 3. The Labute approximate surface area is 167 Å². The average molecular weight is 393 g/mol. The molecule has 1 aliphatic heterocycles. The number of esters is 1. The van der Waals surface area contributed by atoms with Crippen molar-refractivity contribution >= 4 is 17.6 Å². The molecule has 1 amide bonds. The molecule has 2 aromatic rings. The van der Waals surface area contributed by atoms with Crippen LogP contribution in [-0.2, 0) is 16.1 Å². The van der Waals surface area contributed by atoms with E-state index in [4.69, 9.17) is 14.2 Å². The van der Waals surface area contributed by atoms with Crippen molar-refractivity contribution in [1.82, 2.24) is 5.32 Å². The van der Waals surface area contributed by atoms with E-state index in [-0.39, 0.29) is 25.5 Å². The highest BCUT2D eigenvalue weighted by molar-refractivity contribution is 5.98. The summed E-state index contributed by atoms with van der Waals surface area (Å²) in [6, 6.07) is 13.9. The molecule has 0 radical (unpaired) electrons. The molecular weight excluding hydrogens is 374 g/mol. The van der Waals surface area contributed by atoms with Crippen LogP contribution in [0.3, 0.4) is 0 Å². The number of nitriles is 1. The van der Waals surface area contributed by atoms with Crippen molar-refractivity contribution < 1.29 is 23.8 Å². The second-order valence-corrected chi connectivity index (χ2v) is 5.95. The van der Waals surface area contributed by atoms with Crippen molar-refractivity contribution in [3.8, 4) is 17.6 Å². The number of carbonyl (C=O) groups is 2. The highest BCUT2D eigenvalue weighted by Gasteiger charge is 2.15. The molecule has 8 heteroatoms. The predicted octanol–water partition coefficient (Wildman–Crippen LogP) is 2.73. The van der Waals surface area contributed by atoms with Crippen molar-refractivity contribution in [2.75, 3.05) is 18.7 Å². The van der Waals surface area contributed by atoms with E-state index in [0.717, 1.165) is 5.56 Å². The number of carbonyl (C=O) groups excluding carboxylic acids is 2. The van der Waals surface area contributed by atoms with Gasteiger partial charge >= 0.3 is 5.97 Å². The Bertz CT molecular complexity index is 994. The van der Waals surface area contributed by atoms with Crippen LogP contribution in [0.25, 0.3) is 0 Å². The fourth-order valence-electron chi connectivity index (χ4n) is 2.62. The smallest absolute Gasteiger partial charge is 0.340 e. The van der Waals surface area contributed by atoms with Crippen LogP contribution in [0.4, 0.5) is 5.69 Å². The number of anilines is 1. The van der Waals surface area contributed by atoms with Crippen molar-refractivity contribution in [3.63, 3.8) is 0 Å². The number of amides is 1. The number of hydrogen-bond acceptors (Lipinski definition) is 7. The summed E-state index contributed by atoms with van der Waals surface area (Å²) in [5, 5.41) is 14.8. The van der Waals surface area contributed by atoms with E-state index in [0.29, 0.717) is 22.7 Å². The third-order valence-electron chi connectivity index (χ3n) is 4.05. The minimum Gasteiger partial charge on any atom is -0.462 e. The summed E-state index contributed by atoms with van der Waals surface area (Å²) in [4.78, 5) is 24.3. The summed E-state index contributed by atoms with van der Waals surface area (Å²) in [5.41, 5.74) is 1.41. The summed E-state index contributed by atoms with van der Waals surface area (Å²) in [5.74, 6) is 0.230. The first-order valence-corrected chi connectivity index (χ1v) is 8.92. The van der Waals surface area contributed by atoms with Crippen LogP contribution >= 0.6 is 0 Å². The molecule has 0 unspecified atom stereocenters. The molecule has 0 saturated carbocycles. The largest absolute Gasteiger partial charge is 0.462 e. The Morgan fingerprint density at radius 3 is 2.79 bits per heavy atom. The molecular formula is C21H19N3O5. The first kappa shape index (κ1) is 19.8. The Balaban J connectivity index is 1.65. The molecule has 148 valence electrons. The van der Waals surface area contributed by atoms with Crippen LogP contribution in [0.1, 0.15) is 22.8 Å².